The Morgan fingerprint density at radius 1 is 1.30 bits per heavy atom. The molecule has 0 radical (unpaired) electrons. The van der Waals surface area contributed by atoms with Gasteiger partial charge in [0.1, 0.15) is 5.69 Å². The number of hydrogen-bond donors (Lipinski definition) is 1. The second-order valence-electron chi connectivity index (χ2n) is 5.39. The van der Waals surface area contributed by atoms with Crippen molar-refractivity contribution in [3.63, 3.8) is 0 Å². The van der Waals surface area contributed by atoms with Crippen LogP contribution < -0.4 is 5.32 Å². The molecule has 0 aliphatic carbocycles. The summed E-state index contributed by atoms with van der Waals surface area (Å²) in [5.41, 5.74) is 1.55. The van der Waals surface area contributed by atoms with Gasteiger partial charge >= 0.3 is 0 Å². The van der Waals surface area contributed by atoms with Crippen molar-refractivity contribution in [2.75, 3.05) is 19.6 Å². The van der Waals surface area contributed by atoms with Crippen LogP contribution in [0.4, 0.5) is 0 Å². The van der Waals surface area contributed by atoms with E-state index in [1.54, 1.807) is 16.8 Å². The molecule has 1 amide bonds. The van der Waals surface area contributed by atoms with Crippen LogP contribution in [0, 0.1) is 0 Å². The first-order chi connectivity index (χ1) is 10.6. The molecule has 0 spiro atoms. The van der Waals surface area contributed by atoms with E-state index in [0.717, 1.165) is 12.1 Å². The van der Waals surface area contributed by atoms with Crippen LogP contribution >= 0.6 is 35.6 Å². The number of aryl methyl sites for hydroxylation is 1. The van der Waals surface area contributed by atoms with E-state index in [1.165, 1.54) is 0 Å². The number of nitrogens with zero attached hydrogens (tertiary/aromatic N) is 2. The van der Waals surface area contributed by atoms with Gasteiger partial charge in [-0.1, -0.05) is 41.4 Å². The smallest absolute Gasteiger partial charge is 0.271 e. The van der Waals surface area contributed by atoms with Gasteiger partial charge in [0.15, 0.2) is 0 Å². The number of piperazine rings is 1. The summed E-state index contributed by atoms with van der Waals surface area (Å²) in [6, 6.07) is 9.29. The topological polar surface area (TPSA) is 37.3 Å². The number of nitrogens with one attached hydrogen (secondary N) is 1. The summed E-state index contributed by atoms with van der Waals surface area (Å²) in [4.78, 5) is 14.8. The molecule has 1 aromatic carbocycles. The minimum Gasteiger partial charge on any atom is -0.345 e. The number of carbonyl (C=O) groups is 1. The average molecular weight is 375 g/mol. The van der Waals surface area contributed by atoms with Gasteiger partial charge in [-0.25, -0.2) is 0 Å². The number of hydrogen-bond acceptors (Lipinski definition) is 2. The van der Waals surface area contributed by atoms with Gasteiger partial charge in [-0.05, 0) is 17.7 Å². The van der Waals surface area contributed by atoms with E-state index in [9.17, 15) is 4.79 Å². The Morgan fingerprint density at radius 3 is 2.70 bits per heavy atom. The largest absolute Gasteiger partial charge is 0.345 e. The second kappa shape index (κ2) is 7.58. The first-order valence-corrected chi connectivity index (χ1v) is 7.91. The molecule has 1 aromatic heterocycles. The fourth-order valence-electron chi connectivity index (χ4n) is 2.85. The number of benzene rings is 1. The van der Waals surface area contributed by atoms with Gasteiger partial charge in [0.25, 0.3) is 5.91 Å². The summed E-state index contributed by atoms with van der Waals surface area (Å²) in [6.45, 7) is 2.09. The highest BCUT2D eigenvalue weighted by molar-refractivity contribution is 6.31. The maximum absolute atomic E-state index is 12.9. The molecular formula is C16H18Cl3N3O. The molecular weight excluding hydrogens is 357 g/mol. The van der Waals surface area contributed by atoms with Crippen LogP contribution in [0.2, 0.25) is 10.0 Å². The van der Waals surface area contributed by atoms with Crippen LogP contribution in [-0.2, 0) is 7.05 Å². The van der Waals surface area contributed by atoms with Gasteiger partial charge in [-0.3, -0.25) is 4.79 Å². The number of aromatic nitrogens is 1. The van der Waals surface area contributed by atoms with Gasteiger partial charge in [-0.15, -0.1) is 12.4 Å². The van der Waals surface area contributed by atoms with E-state index < -0.39 is 0 Å². The van der Waals surface area contributed by atoms with E-state index >= 15 is 0 Å². The van der Waals surface area contributed by atoms with Crippen molar-refractivity contribution in [3.05, 3.63) is 57.8 Å². The Kier molecular flexibility index (Phi) is 5.98. The number of amides is 1. The lowest BCUT2D eigenvalue weighted by Crippen LogP contribution is -2.49. The third-order valence-electron chi connectivity index (χ3n) is 3.96. The Bertz CT molecular complexity index is 702. The van der Waals surface area contributed by atoms with Gasteiger partial charge < -0.3 is 14.8 Å². The van der Waals surface area contributed by atoms with Crippen LogP contribution in [-0.4, -0.2) is 35.0 Å². The average Bonchev–Trinajstić information content (AvgIpc) is 2.86. The second-order valence-corrected chi connectivity index (χ2v) is 6.24. The predicted molar refractivity (Wildman–Crippen MR) is 95.8 cm³/mol. The molecule has 1 unspecified atom stereocenters. The van der Waals surface area contributed by atoms with Gasteiger partial charge in [0.2, 0.25) is 0 Å². The Hall–Kier alpha value is -1.20. The van der Waals surface area contributed by atoms with Gasteiger partial charge in [0.05, 0.1) is 11.1 Å². The van der Waals surface area contributed by atoms with Crippen molar-refractivity contribution in [3.8, 4) is 0 Å². The molecule has 1 fully saturated rings. The molecule has 7 heteroatoms. The summed E-state index contributed by atoms with van der Waals surface area (Å²) >= 11 is 12.3. The van der Waals surface area contributed by atoms with E-state index in [-0.39, 0.29) is 24.4 Å². The van der Waals surface area contributed by atoms with E-state index in [4.69, 9.17) is 23.2 Å². The predicted octanol–water partition coefficient (Wildman–Crippen LogP) is 3.54. The summed E-state index contributed by atoms with van der Waals surface area (Å²) < 4.78 is 1.76. The van der Waals surface area contributed by atoms with Crippen molar-refractivity contribution < 1.29 is 4.79 Å². The molecule has 0 saturated carbocycles. The zero-order valence-corrected chi connectivity index (χ0v) is 15.0. The van der Waals surface area contributed by atoms with Crippen molar-refractivity contribution in [1.29, 1.82) is 0 Å². The van der Waals surface area contributed by atoms with Crippen LogP contribution in [0.1, 0.15) is 22.1 Å². The number of carbonyl (C=O) groups excluding carboxylic acids is 1. The SMILES string of the molecule is Cl.Cn1cc(Cl)cc1C(=O)N1CCNCC1c1ccccc1Cl. The minimum absolute atomic E-state index is 0. The fraction of sp³-hybridized carbons (Fsp3) is 0.312. The highest BCUT2D eigenvalue weighted by atomic mass is 35.5. The third kappa shape index (κ3) is 3.66. The highest BCUT2D eigenvalue weighted by Crippen LogP contribution is 2.30. The lowest BCUT2D eigenvalue weighted by molar-refractivity contribution is 0.0624. The van der Waals surface area contributed by atoms with Crippen LogP contribution in [0.3, 0.4) is 0 Å². The minimum atomic E-state index is -0.0800. The molecule has 1 saturated heterocycles. The van der Waals surface area contributed by atoms with Crippen molar-refractivity contribution in [2.24, 2.45) is 7.05 Å². The van der Waals surface area contributed by atoms with Gasteiger partial charge in [0, 0.05) is 37.9 Å². The number of rotatable bonds is 2. The van der Waals surface area contributed by atoms with E-state index in [1.807, 2.05) is 36.2 Å². The highest BCUT2D eigenvalue weighted by Gasteiger charge is 2.30. The molecule has 0 bridgehead atoms. The molecule has 1 N–H and O–H groups in total. The molecule has 124 valence electrons. The maximum atomic E-state index is 12.9. The number of halogens is 3. The van der Waals surface area contributed by atoms with E-state index in [0.29, 0.717) is 28.8 Å². The molecule has 2 heterocycles. The Labute approximate surface area is 151 Å². The molecule has 3 rings (SSSR count). The first kappa shape index (κ1) is 18.1. The summed E-state index contributed by atoms with van der Waals surface area (Å²) in [6.07, 6.45) is 1.74. The van der Waals surface area contributed by atoms with Crippen LogP contribution in [0.15, 0.2) is 36.5 Å². The summed E-state index contributed by atoms with van der Waals surface area (Å²) in [5, 5.41) is 4.58. The fourth-order valence-corrected chi connectivity index (χ4v) is 3.37. The molecule has 4 nitrogen and oxygen atoms in total. The van der Waals surface area contributed by atoms with Crippen LogP contribution in [0.25, 0.3) is 0 Å². The molecule has 2 aromatic rings. The standard InChI is InChI=1S/C16H17Cl2N3O.ClH/c1-20-10-11(17)8-14(20)16(22)21-7-6-19-9-15(21)12-4-2-3-5-13(12)18;/h2-5,8,10,15,19H,6-7,9H2,1H3;1H. The molecule has 23 heavy (non-hydrogen) atoms. The van der Waals surface area contributed by atoms with Crippen LogP contribution in [0.5, 0.6) is 0 Å². The molecule has 1 aliphatic rings. The van der Waals surface area contributed by atoms with Crippen molar-refractivity contribution >= 4 is 41.5 Å². The zero-order valence-electron chi connectivity index (χ0n) is 12.6. The van der Waals surface area contributed by atoms with Crippen molar-refractivity contribution in [2.45, 2.75) is 6.04 Å². The summed E-state index contributed by atoms with van der Waals surface area (Å²) in [5.74, 6) is -0.0270. The van der Waals surface area contributed by atoms with Crippen molar-refractivity contribution in [1.82, 2.24) is 14.8 Å². The Balaban J connectivity index is 0.00000192. The van der Waals surface area contributed by atoms with Gasteiger partial charge in [-0.2, -0.15) is 0 Å². The maximum Gasteiger partial charge on any atom is 0.271 e. The molecule has 1 atom stereocenters. The third-order valence-corrected chi connectivity index (χ3v) is 4.51. The first-order valence-electron chi connectivity index (χ1n) is 7.16. The van der Waals surface area contributed by atoms with E-state index in [2.05, 4.69) is 5.32 Å². The normalized spacial score (nSPS) is 17.7. The lowest BCUT2D eigenvalue weighted by Gasteiger charge is -2.37. The molecule has 1 aliphatic heterocycles. The summed E-state index contributed by atoms with van der Waals surface area (Å²) in [7, 11) is 1.83. The monoisotopic (exact) mass is 373 g/mol. The Morgan fingerprint density at radius 2 is 2.04 bits per heavy atom. The lowest BCUT2D eigenvalue weighted by atomic mass is 10.0. The zero-order chi connectivity index (χ0) is 15.7. The quantitative estimate of drug-likeness (QED) is 0.873.